The molecule has 6 heteroatoms. The van der Waals surface area contributed by atoms with Crippen molar-refractivity contribution in [2.24, 2.45) is 0 Å². The molecule has 0 saturated heterocycles. The molecule has 0 bridgehead atoms. The smallest absolute Gasteiger partial charge is 0.243 e. The van der Waals surface area contributed by atoms with Gasteiger partial charge in [-0.2, -0.15) is 0 Å². The average molecular weight is 374 g/mol. The molecule has 0 unspecified atom stereocenters. The fourth-order valence-corrected chi connectivity index (χ4v) is 4.39. The lowest BCUT2D eigenvalue weighted by atomic mass is 9.93. The van der Waals surface area contributed by atoms with Gasteiger partial charge in [-0.15, -0.1) is 11.3 Å². The molecule has 0 N–H and O–H groups in total. The first-order valence-corrected chi connectivity index (χ1v) is 9.65. The van der Waals surface area contributed by atoms with E-state index in [0.717, 1.165) is 17.5 Å². The van der Waals surface area contributed by atoms with E-state index >= 15 is 0 Å². The van der Waals surface area contributed by atoms with Crippen molar-refractivity contribution in [3.05, 3.63) is 57.5 Å². The Morgan fingerprint density at radius 2 is 1.96 bits per heavy atom. The molecule has 3 rings (SSSR count). The molecular weight excluding hydrogens is 351 g/mol. The second kappa shape index (κ2) is 7.58. The van der Waals surface area contributed by atoms with Crippen molar-refractivity contribution in [1.29, 1.82) is 0 Å². The van der Waals surface area contributed by atoms with Gasteiger partial charge in [0, 0.05) is 24.4 Å². The van der Waals surface area contributed by atoms with E-state index in [-0.39, 0.29) is 36.3 Å². The molecule has 1 aromatic carbocycles. The highest BCUT2D eigenvalue weighted by molar-refractivity contribution is 7.10. The SMILES string of the molecule is CC(=O)N(CC(=O)N1CCc2sccc2[C@H]1c1ccc(F)cc1)C(C)C. The molecule has 0 fully saturated rings. The number of hydrogen-bond acceptors (Lipinski definition) is 3. The highest BCUT2D eigenvalue weighted by Gasteiger charge is 2.33. The van der Waals surface area contributed by atoms with Crippen molar-refractivity contribution < 1.29 is 14.0 Å². The van der Waals surface area contributed by atoms with Gasteiger partial charge in [-0.25, -0.2) is 4.39 Å². The lowest BCUT2D eigenvalue weighted by Crippen LogP contribution is -2.48. The van der Waals surface area contributed by atoms with Crippen LogP contribution in [0.25, 0.3) is 0 Å². The first-order chi connectivity index (χ1) is 12.4. The quantitative estimate of drug-likeness (QED) is 0.820. The van der Waals surface area contributed by atoms with E-state index in [1.165, 1.54) is 23.9 Å². The van der Waals surface area contributed by atoms with E-state index < -0.39 is 0 Å². The summed E-state index contributed by atoms with van der Waals surface area (Å²) in [6.07, 6.45) is 0.804. The van der Waals surface area contributed by atoms with E-state index in [1.807, 2.05) is 30.2 Å². The van der Waals surface area contributed by atoms with Crippen molar-refractivity contribution >= 4 is 23.2 Å². The van der Waals surface area contributed by atoms with Gasteiger partial charge in [0.1, 0.15) is 5.82 Å². The standard InChI is InChI=1S/C20H23FN2O2S/c1-13(2)23(14(3)24)12-19(25)22-10-8-18-17(9-11-26-18)20(22)15-4-6-16(21)7-5-15/h4-7,9,11,13,20H,8,10,12H2,1-3H3/t20-/m1/s1. The first kappa shape index (κ1) is 18.6. The maximum Gasteiger partial charge on any atom is 0.243 e. The monoisotopic (exact) mass is 374 g/mol. The highest BCUT2D eigenvalue weighted by Crippen LogP contribution is 2.37. The van der Waals surface area contributed by atoms with Crippen molar-refractivity contribution in [2.45, 2.75) is 39.3 Å². The lowest BCUT2D eigenvalue weighted by Gasteiger charge is -2.38. The Balaban J connectivity index is 1.93. The summed E-state index contributed by atoms with van der Waals surface area (Å²) >= 11 is 1.69. The van der Waals surface area contributed by atoms with Crippen LogP contribution in [0, 0.1) is 5.82 Å². The maximum atomic E-state index is 13.4. The molecule has 1 aromatic heterocycles. The van der Waals surface area contributed by atoms with Crippen LogP contribution in [0.1, 0.15) is 42.8 Å². The zero-order valence-electron chi connectivity index (χ0n) is 15.2. The summed E-state index contributed by atoms with van der Waals surface area (Å²) < 4.78 is 13.4. The van der Waals surface area contributed by atoms with Crippen LogP contribution < -0.4 is 0 Å². The molecular formula is C20H23FN2O2S. The number of hydrogen-bond donors (Lipinski definition) is 0. The topological polar surface area (TPSA) is 40.6 Å². The Morgan fingerprint density at radius 3 is 2.58 bits per heavy atom. The van der Waals surface area contributed by atoms with Crippen LogP contribution in [0.4, 0.5) is 4.39 Å². The number of nitrogens with zero attached hydrogens (tertiary/aromatic N) is 2. The summed E-state index contributed by atoms with van der Waals surface area (Å²) in [5.74, 6) is -0.490. The van der Waals surface area contributed by atoms with Crippen LogP contribution in [0.2, 0.25) is 0 Å². The zero-order chi connectivity index (χ0) is 18.8. The maximum absolute atomic E-state index is 13.4. The Hall–Kier alpha value is -2.21. The Morgan fingerprint density at radius 1 is 1.27 bits per heavy atom. The molecule has 2 heterocycles. The van der Waals surface area contributed by atoms with E-state index in [9.17, 15) is 14.0 Å². The number of amides is 2. The van der Waals surface area contributed by atoms with Gasteiger partial charge in [0.05, 0.1) is 12.6 Å². The highest BCUT2D eigenvalue weighted by atomic mass is 32.1. The minimum absolute atomic E-state index is 0.0396. The molecule has 0 saturated carbocycles. The van der Waals surface area contributed by atoms with Gasteiger partial charge in [-0.05, 0) is 55.0 Å². The Bertz CT molecular complexity index is 800. The minimum Gasteiger partial charge on any atom is -0.331 e. The number of fused-ring (bicyclic) bond motifs is 1. The van der Waals surface area contributed by atoms with Gasteiger partial charge < -0.3 is 9.80 Å². The summed E-state index contributed by atoms with van der Waals surface area (Å²) in [5.41, 5.74) is 1.98. The number of benzene rings is 1. The van der Waals surface area contributed by atoms with E-state index in [2.05, 4.69) is 0 Å². The molecule has 0 radical (unpaired) electrons. The van der Waals surface area contributed by atoms with Gasteiger partial charge >= 0.3 is 0 Å². The summed E-state index contributed by atoms with van der Waals surface area (Å²) in [7, 11) is 0. The molecule has 2 amide bonds. The van der Waals surface area contributed by atoms with Gasteiger partial charge in [-0.1, -0.05) is 12.1 Å². The van der Waals surface area contributed by atoms with Crippen LogP contribution in [0.5, 0.6) is 0 Å². The van der Waals surface area contributed by atoms with Crippen LogP contribution >= 0.6 is 11.3 Å². The molecule has 1 aliphatic rings. The normalized spacial score (nSPS) is 16.5. The Kier molecular flexibility index (Phi) is 5.41. The van der Waals surface area contributed by atoms with Gasteiger partial charge in [0.2, 0.25) is 11.8 Å². The van der Waals surface area contributed by atoms with Crippen molar-refractivity contribution in [1.82, 2.24) is 9.80 Å². The summed E-state index contributed by atoms with van der Waals surface area (Å²) in [4.78, 5) is 29.6. The van der Waals surface area contributed by atoms with E-state index in [0.29, 0.717) is 6.54 Å². The third-order valence-corrected chi connectivity index (χ3v) is 5.80. The lowest BCUT2D eigenvalue weighted by molar-refractivity contribution is -0.142. The number of halogens is 1. The van der Waals surface area contributed by atoms with Crippen molar-refractivity contribution in [2.75, 3.05) is 13.1 Å². The minimum atomic E-state index is -0.296. The van der Waals surface area contributed by atoms with E-state index in [1.54, 1.807) is 28.4 Å². The largest absolute Gasteiger partial charge is 0.331 e. The fraction of sp³-hybridized carbons (Fsp3) is 0.400. The van der Waals surface area contributed by atoms with Gasteiger partial charge in [0.15, 0.2) is 0 Å². The molecule has 1 atom stereocenters. The predicted molar refractivity (Wildman–Crippen MR) is 101 cm³/mol. The fourth-order valence-electron chi connectivity index (χ4n) is 3.48. The summed E-state index contributed by atoms with van der Waals surface area (Å²) in [6.45, 7) is 5.94. The van der Waals surface area contributed by atoms with Crippen LogP contribution in [0.3, 0.4) is 0 Å². The Labute approximate surface area is 157 Å². The molecule has 4 nitrogen and oxygen atoms in total. The first-order valence-electron chi connectivity index (χ1n) is 8.77. The molecule has 0 aliphatic carbocycles. The summed E-state index contributed by atoms with van der Waals surface area (Å²) in [5, 5.41) is 2.03. The number of carbonyl (C=O) groups is 2. The third-order valence-electron chi connectivity index (χ3n) is 4.81. The summed E-state index contributed by atoms with van der Waals surface area (Å²) in [6, 6.07) is 8.08. The van der Waals surface area contributed by atoms with Gasteiger partial charge in [0.25, 0.3) is 0 Å². The number of carbonyl (C=O) groups excluding carboxylic acids is 2. The number of rotatable bonds is 4. The second-order valence-electron chi connectivity index (χ2n) is 6.83. The number of thiophene rings is 1. The predicted octanol–water partition coefficient (Wildman–Crippen LogP) is 3.62. The van der Waals surface area contributed by atoms with Crippen LogP contribution in [-0.2, 0) is 16.0 Å². The molecule has 0 spiro atoms. The van der Waals surface area contributed by atoms with Crippen LogP contribution in [0.15, 0.2) is 35.7 Å². The van der Waals surface area contributed by atoms with Crippen molar-refractivity contribution in [3.8, 4) is 0 Å². The van der Waals surface area contributed by atoms with Gasteiger partial charge in [-0.3, -0.25) is 9.59 Å². The zero-order valence-corrected chi connectivity index (χ0v) is 16.1. The van der Waals surface area contributed by atoms with E-state index in [4.69, 9.17) is 0 Å². The molecule has 2 aromatic rings. The molecule has 1 aliphatic heterocycles. The third kappa shape index (κ3) is 3.65. The molecule has 138 valence electrons. The van der Waals surface area contributed by atoms with Crippen LogP contribution in [-0.4, -0.2) is 40.7 Å². The molecule has 26 heavy (non-hydrogen) atoms. The van der Waals surface area contributed by atoms with Crippen molar-refractivity contribution in [3.63, 3.8) is 0 Å². The second-order valence-corrected chi connectivity index (χ2v) is 7.83. The average Bonchev–Trinajstić information content (AvgIpc) is 3.07.